The second kappa shape index (κ2) is 5.88. The van der Waals surface area contributed by atoms with Gasteiger partial charge in [0.25, 0.3) is 0 Å². The molecule has 0 radical (unpaired) electrons. The number of hydrogen-bond acceptors (Lipinski definition) is 3. The number of carboxylic acids is 1. The highest BCUT2D eigenvalue weighted by Gasteiger charge is 2.34. The van der Waals surface area contributed by atoms with Crippen molar-refractivity contribution in [3.05, 3.63) is 29.3 Å². The molecule has 1 atom stereocenters. The molecule has 3 rings (SSSR count). The normalized spacial score (nSPS) is 22.5. The van der Waals surface area contributed by atoms with Gasteiger partial charge in [-0.05, 0) is 24.3 Å². The second-order valence-electron chi connectivity index (χ2n) is 6.09. The Kier molecular flexibility index (Phi) is 3.95. The fraction of sp³-hybridized carbons (Fsp3) is 0.529. The number of para-hydroxylation sites is 1. The number of carboxylic acid groups (broad SMARTS) is 1. The fourth-order valence-electron chi connectivity index (χ4n) is 3.73. The molecule has 1 fully saturated rings. The van der Waals surface area contributed by atoms with E-state index in [4.69, 9.17) is 9.84 Å². The highest BCUT2D eigenvalue weighted by Crippen LogP contribution is 2.45. The minimum atomic E-state index is -0.903. The minimum absolute atomic E-state index is 0.103. The number of carbonyl (C=O) groups is 2. The van der Waals surface area contributed by atoms with Gasteiger partial charge in [-0.2, -0.15) is 0 Å². The maximum Gasteiger partial charge on any atom is 0.311 e. The van der Waals surface area contributed by atoms with E-state index >= 15 is 0 Å². The van der Waals surface area contributed by atoms with Gasteiger partial charge in [0, 0.05) is 11.5 Å². The van der Waals surface area contributed by atoms with Crippen molar-refractivity contribution in [3.63, 3.8) is 0 Å². The standard InChI is InChI=1S/C17H20O4/c18-15(19)9-12-7-4-8-13-14(10-16(20)21-17(12)13)11-5-2-1-3-6-11/h4,7-8,11,14H,1-3,5-6,9-10H2,(H,18,19). The molecule has 4 nitrogen and oxygen atoms in total. The van der Waals surface area contributed by atoms with E-state index in [1.807, 2.05) is 12.1 Å². The topological polar surface area (TPSA) is 63.6 Å². The van der Waals surface area contributed by atoms with Gasteiger partial charge in [0.15, 0.2) is 0 Å². The lowest BCUT2D eigenvalue weighted by atomic mass is 9.74. The van der Waals surface area contributed by atoms with Crippen LogP contribution in [0.15, 0.2) is 18.2 Å². The molecule has 21 heavy (non-hydrogen) atoms. The zero-order chi connectivity index (χ0) is 14.8. The molecule has 0 saturated heterocycles. The molecule has 1 aliphatic heterocycles. The third-order valence-corrected chi connectivity index (χ3v) is 4.69. The summed E-state index contributed by atoms with van der Waals surface area (Å²) < 4.78 is 5.38. The molecule has 1 saturated carbocycles. The summed E-state index contributed by atoms with van der Waals surface area (Å²) >= 11 is 0. The number of fused-ring (bicyclic) bond motifs is 1. The van der Waals surface area contributed by atoms with Crippen molar-refractivity contribution in [2.24, 2.45) is 5.92 Å². The highest BCUT2D eigenvalue weighted by molar-refractivity contribution is 5.79. The van der Waals surface area contributed by atoms with E-state index in [-0.39, 0.29) is 18.3 Å². The summed E-state index contributed by atoms with van der Waals surface area (Å²) in [5.74, 6) is 0.0857. The molecule has 1 N–H and O–H groups in total. The average Bonchev–Trinajstić information content (AvgIpc) is 2.47. The van der Waals surface area contributed by atoms with Gasteiger partial charge < -0.3 is 9.84 Å². The summed E-state index contributed by atoms with van der Waals surface area (Å²) in [6, 6.07) is 5.61. The first-order valence-electron chi connectivity index (χ1n) is 7.69. The maximum absolute atomic E-state index is 11.9. The van der Waals surface area contributed by atoms with Crippen LogP contribution in [-0.4, -0.2) is 17.0 Å². The number of esters is 1. The van der Waals surface area contributed by atoms with Gasteiger partial charge >= 0.3 is 11.9 Å². The van der Waals surface area contributed by atoms with Crippen LogP contribution in [0.3, 0.4) is 0 Å². The predicted molar refractivity (Wildman–Crippen MR) is 77.3 cm³/mol. The minimum Gasteiger partial charge on any atom is -0.481 e. The molecule has 0 amide bonds. The zero-order valence-electron chi connectivity index (χ0n) is 12.0. The fourth-order valence-corrected chi connectivity index (χ4v) is 3.73. The maximum atomic E-state index is 11.9. The molecule has 0 spiro atoms. The zero-order valence-corrected chi connectivity index (χ0v) is 12.0. The number of aliphatic carboxylic acids is 1. The molecule has 0 bridgehead atoms. The van der Waals surface area contributed by atoms with Gasteiger partial charge in [-0.15, -0.1) is 0 Å². The number of benzene rings is 1. The van der Waals surface area contributed by atoms with E-state index in [9.17, 15) is 9.59 Å². The van der Waals surface area contributed by atoms with Gasteiger partial charge in [-0.25, -0.2) is 0 Å². The smallest absolute Gasteiger partial charge is 0.311 e. The summed E-state index contributed by atoms with van der Waals surface area (Å²) in [6.45, 7) is 0. The number of hydrogen-bond donors (Lipinski definition) is 1. The van der Waals surface area contributed by atoms with Crippen LogP contribution < -0.4 is 4.74 Å². The van der Waals surface area contributed by atoms with Crippen molar-refractivity contribution >= 4 is 11.9 Å². The van der Waals surface area contributed by atoms with Crippen molar-refractivity contribution in [3.8, 4) is 5.75 Å². The van der Waals surface area contributed by atoms with Crippen LogP contribution in [0, 0.1) is 5.92 Å². The Bertz CT molecular complexity index is 558. The van der Waals surface area contributed by atoms with Crippen molar-refractivity contribution in [2.75, 3.05) is 0 Å². The van der Waals surface area contributed by atoms with Crippen LogP contribution in [-0.2, 0) is 16.0 Å². The average molecular weight is 288 g/mol. The lowest BCUT2D eigenvalue weighted by Gasteiger charge is -2.34. The molecule has 1 heterocycles. The van der Waals surface area contributed by atoms with E-state index in [0.29, 0.717) is 23.7 Å². The number of ether oxygens (including phenoxy) is 1. The first-order valence-corrected chi connectivity index (χ1v) is 7.69. The predicted octanol–water partition coefficient (Wildman–Crippen LogP) is 3.29. The lowest BCUT2D eigenvalue weighted by molar-refractivity contribution is -0.138. The van der Waals surface area contributed by atoms with Crippen LogP contribution in [0.1, 0.15) is 55.6 Å². The Morgan fingerprint density at radius 3 is 2.71 bits per heavy atom. The van der Waals surface area contributed by atoms with Crippen LogP contribution >= 0.6 is 0 Å². The molecule has 1 unspecified atom stereocenters. The van der Waals surface area contributed by atoms with Crippen LogP contribution in [0.5, 0.6) is 5.75 Å². The van der Waals surface area contributed by atoms with Crippen LogP contribution in [0.2, 0.25) is 0 Å². The Morgan fingerprint density at radius 1 is 1.24 bits per heavy atom. The van der Waals surface area contributed by atoms with Gasteiger partial charge in [0.2, 0.25) is 0 Å². The Balaban J connectivity index is 1.96. The summed E-state index contributed by atoms with van der Waals surface area (Å²) in [4.78, 5) is 22.9. The van der Waals surface area contributed by atoms with Gasteiger partial charge in [-0.3, -0.25) is 9.59 Å². The van der Waals surface area contributed by atoms with Crippen molar-refractivity contribution in [1.82, 2.24) is 0 Å². The van der Waals surface area contributed by atoms with E-state index in [0.717, 1.165) is 18.4 Å². The van der Waals surface area contributed by atoms with Crippen LogP contribution in [0.4, 0.5) is 0 Å². The summed E-state index contributed by atoms with van der Waals surface area (Å²) in [6.07, 6.45) is 6.35. The molecule has 1 aliphatic carbocycles. The molecular weight excluding hydrogens is 268 g/mol. The molecule has 1 aromatic rings. The van der Waals surface area contributed by atoms with Gasteiger partial charge in [-0.1, -0.05) is 37.5 Å². The number of rotatable bonds is 3. The van der Waals surface area contributed by atoms with Crippen molar-refractivity contribution in [2.45, 2.75) is 50.9 Å². The number of carbonyl (C=O) groups excluding carboxylic acids is 1. The Labute approximate surface area is 124 Å². The monoisotopic (exact) mass is 288 g/mol. The van der Waals surface area contributed by atoms with E-state index < -0.39 is 5.97 Å². The molecule has 112 valence electrons. The largest absolute Gasteiger partial charge is 0.481 e. The third kappa shape index (κ3) is 2.94. The van der Waals surface area contributed by atoms with Crippen LogP contribution in [0.25, 0.3) is 0 Å². The van der Waals surface area contributed by atoms with Gasteiger partial charge in [0.1, 0.15) is 5.75 Å². The molecule has 4 heteroatoms. The van der Waals surface area contributed by atoms with Crippen molar-refractivity contribution in [1.29, 1.82) is 0 Å². The molecular formula is C17H20O4. The third-order valence-electron chi connectivity index (χ3n) is 4.69. The summed E-state index contributed by atoms with van der Waals surface area (Å²) in [5, 5.41) is 9.01. The first-order chi connectivity index (χ1) is 10.1. The highest BCUT2D eigenvalue weighted by atomic mass is 16.5. The van der Waals surface area contributed by atoms with E-state index in [1.165, 1.54) is 19.3 Å². The van der Waals surface area contributed by atoms with E-state index in [1.54, 1.807) is 6.07 Å². The molecule has 0 aromatic heterocycles. The molecule has 1 aromatic carbocycles. The first kappa shape index (κ1) is 14.1. The summed E-state index contributed by atoms with van der Waals surface area (Å²) in [5.41, 5.74) is 1.63. The Morgan fingerprint density at radius 2 is 2.00 bits per heavy atom. The molecule has 2 aliphatic rings. The van der Waals surface area contributed by atoms with Crippen molar-refractivity contribution < 1.29 is 19.4 Å². The quantitative estimate of drug-likeness (QED) is 0.684. The lowest BCUT2D eigenvalue weighted by Crippen LogP contribution is -2.27. The van der Waals surface area contributed by atoms with Gasteiger partial charge in [0.05, 0.1) is 12.8 Å². The second-order valence-corrected chi connectivity index (χ2v) is 6.09. The summed E-state index contributed by atoms with van der Waals surface area (Å²) in [7, 11) is 0. The van der Waals surface area contributed by atoms with E-state index in [2.05, 4.69) is 0 Å². The SMILES string of the molecule is O=C(O)Cc1cccc2c1OC(=O)CC2C1CCCCC1. The Hall–Kier alpha value is -1.84.